The van der Waals surface area contributed by atoms with Crippen molar-refractivity contribution >= 4 is 63.2 Å². The summed E-state index contributed by atoms with van der Waals surface area (Å²) in [7, 11) is 1.67. The van der Waals surface area contributed by atoms with Gasteiger partial charge in [-0.3, -0.25) is 34.1 Å². The summed E-state index contributed by atoms with van der Waals surface area (Å²) in [6.45, 7) is 6.67. The highest BCUT2D eigenvalue weighted by atomic mass is 35.5. The number of carbonyl (C=O) groups excluding carboxylic acids is 3. The predicted octanol–water partition coefficient (Wildman–Crippen LogP) is 6.53. The number of amides is 4. The molecule has 0 unspecified atom stereocenters. The molecular formula is C50H52ClFN16O3. The number of fused-ring (bicyclic) bond motifs is 2. The SMILES string of the molecule is CCC1(NC(=O)c2ncccc2Cl)CCN(c2ccc(-c3nc(-c4cnn([C@H]5CC[C@@H](N6CCN(c7ccc8c(N9CCC(=O)NC9=O)nn(C)c8c7F)CC6)CC5)c4)cn4ncc(C#N)c34)cn2)CC1. The van der Waals surface area contributed by atoms with Crippen molar-refractivity contribution in [2.75, 3.05) is 60.5 Å². The number of nitrogens with zero attached hydrogens (tertiary/aromatic N) is 14. The number of hydrogen-bond donors (Lipinski definition) is 2. The third kappa shape index (κ3) is 8.56. The van der Waals surface area contributed by atoms with Crippen LogP contribution < -0.4 is 25.3 Å². The van der Waals surface area contributed by atoms with Gasteiger partial charge >= 0.3 is 6.03 Å². The van der Waals surface area contributed by atoms with Gasteiger partial charge in [-0.1, -0.05) is 18.5 Å². The number of nitriles is 1. The second-order valence-corrected chi connectivity index (χ2v) is 19.4. The van der Waals surface area contributed by atoms with E-state index >= 15 is 4.39 Å². The number of aromatic nitrogens is 9. The van der Waals surface area contributed by atoms with E-state index in [0.717, 1.165) is 75.0 Å². The summed E-state index contributed by atoms with van der Waals surface area (Å²) in [5.74, 6) is 0.179. The van der Waals surface area contributed by atoms with Gasteiger partial charge in [0.2, 0.25) is 5.91 Å². The maximum atomic E-state index is 16.2. The fourth-order valence-corrected chi connectivity index (χ4v) is 11.1. The Hall–Kier alpha value is -7.50. The lowest BCUT2D eigenvalue weighted by atomic mass is 9.84. The lowest BCUT2D eigenvalue weighted by Crippen LogP contribution is -2.55. The van der Waals surface area contributed by atoms with Crippen molar-refractivity contribution in [3.05, 3.63) is 95.7 Å². The zero-order chi connectivity index (χ0) is 49.0. The number of urea groups is 1. The van der Waals surface area contributed by atoms with Gasteiger partial charge in [0.1, 0.15) is 34.2 Å². The van der Waals surface area contributed by atoms with E-state index in [9.17, 15) is 19.6 Å². The van der Waals surface area contributed by atoms with Crippen LogP contribution in [0.25, 0.3) is 38.9 Å². The molecule has 1 aliphatic carbocycles. The summed E-state index contributed by atoms with van der Waals surface area (Å²) >= 11 is 6.28. The summed E-state index contributed by atoms with van der Waals surface area (Å²) in [5, 5.41) is 30.3. The molecule has 1 aromatic carbocycles. The first-order chi connectivity index (χ1) is 34.5. The molecule has 3 saturated heterocycles. The molecule has 0 spiro atoms. The Labute approximate surface area is 413 Å². The van der Waals surface area contributed by atoms with Gasteiger partial charge in [0.05, 0.1) is 46.7 Å². The molecule has 4 aliphatic rings. The molecule has 3 aliphatic heterocycles. The summed E-state index contributed by atoms with van der Waals surface area (Å²) in [5.41, 5.74) is 4.57. The molecule has 4 fully saturated rings. The van der Waals surface area contributed by atoms with Gasteiger partial charge in [-0.25, -0.2) is 28.7 Å². The number of anilines is 3. The predicted molar refractivity (Wildman–Crippen MR) is 265 cm³/mol. The molecule has 7 aromatic rings. The maximum Gasteiger partial charge on any atom is 0.329 e. The molecule has 11 rings (SSSR count). The molecule has 71 heavy (non-hydrogen) atoms. The molecule has 364 valence electrons. The van der Waals surface area contributed by atoms with Crippen molar-refractivity contribution in [1.82, 2.24) is 59.7 Å². The number of benzene rings is 1. The largest absolute Gasteiger partial charge is 0.367 e. The number of pyridine rings is 2. The third-order valence-corrected chi connectivity index (χ3v) is 15.3. The van der Waals surface area contributed by atoms with E-state index in [1.54, 1.807) is 48.4 Å². The Morgan fingerprint density at radius 3 is 2.41 bits per heavy atom. The van der Waals surface area contributed by atoms with E-state index in [-0.39, 0.29) is 47.9 Å². The number of carbonyl (C=O) groups is 3. The number of halogens is 2. The molecule has 21 heteroatoms. The zero-order valence-corrected chi connectivity index (χ0v) is 40.2. The Morgan fingerprint density at radius 2 is 1.69 bits per heavy atom. The number of rotatable bonds is 10. The smallest absolute Gasteiger partial charge is 0.329 e. The molecule has 0 atom stereocenters. The van der Waals surface area contributed by atoms with E-state index in [1.807, 2.05) is 30.6 Å². The van der Waals surface area contributed by atoms with Gasteiger partial charge in [-0.15, -0.1) is 0 Å². The summed E-state index contributed by atoms with van der Waals surface area (Å²) in [6.07, 6.45) is 17.0. The van der Waals surface area contributed by atoms with Gasteiger partial charge in [-0.05, 0) is 81.3 Å². The Morgan fingerprint density at radius 1 is 0.901 bits per heavy atom. The summed E-state index contributed by atoms with van der Waals surface area (Å²) in [4.78, 5) is 59.9. The highest BCUT2D eigenvalue weighted by Gasteiger charge is 2.37. The average molecular weight is 980 g/mol. The molecule has 2 N–H and O–H groups in total. The molecule has 1 saturated carbocycles. The highest BCUT2D eigenvalue weighted by Crippen LogP contribution is 2.37. The molecule has 4 amide bonds. The van der Waals surface area contributed by atoms with E-state index in [0.29, 0.717) is 82.1 Å². The number of piperazine rings is 1. The van der Waals surface area contributed by atoms with E-state index in [2.05, 4.69) is 64.4 Å². The van der Waals surface area contributed by atoms with Crippen LogP contribution in [0.1, 0.15) is 80.4 Å². The van der Waals surface area contributed by atoms with Crippen molar-refractivity contribution in [2.45, 2.75) is 75.9 Å². The molecule has 0 bridgehead atoms. The normalized spacial score (nSPS) is 19.8. The first kappa shape index (κ1) is 45.9. The molecule has 6 aromatic heterocycles. The Kier molecular flexibility index (Phi) is 12.1. The van der Waals surface area contributed by atoms with Crippen molar-refractivity contribution in [3.8, 4) is 28.6 Å². The van der Waals surface area contributed by atoms with Gasteiger partial charge in [-0.2, -0.15) is 20.6 Å². The van der Waals surface area contributed by atoms with Crippen molar-refractivity contribution < 1.29 is 18.8 Å². The lowest BCUT2D eigenvalue weighted by Gasteiger charge is -2.42. The highest BCUT2D eigenvalue weighted by molar-refractivity contribution is 6.33. The lowest BCUT2D eigenvalue weighted by molar-refractivity contribution is -0.120. The Balaban J connectivity index is 0.724. The van der Waals surface area contributed by atoms with Crippen LogP contribution in [0.4, 0.5) is 26.5 Å². The molecule has 9 heterocycles. The van der Waals surface area contributed by atoms with Crippen LogP contribution in [-0.4, -0.2) is 124 Å². The third-order valence-electron chi connectivity index (χ3n) is 15.0. The zero-order valence-electron chi connectivity index (χ0n) is 39.4. The van der Waals surface area contributed by atoms with Crippen LogP contribution in [-0.2, 0) is 11.8 Å². The topological polar surface area (TPSA) is 204 Å². The average Bonchev–Trinajstić information content (AvgIpc) is 4.15. The maximum absolute atomic E-state index is 16.2. The Bertz CT molecular complexity index is 3230. The second kappa shape index (κ2) is 18.7. The van der Waals surface area contributed by atoms with Crippen molar-refractivity contribution in [1.29, 1.82) is 5.26 Å². The summed E-state index contributed by atoms with van der Waals surface area (Å²) in [6, 6.07) is 13.3. The second-order valence-electron chi connectivity index (χ2n) is 18.9. The molecular weight excluding hydrogens is 927 g/mol. The van der Waals surface area contributed by atoms with E-state index in [4.69, 9.17) is 26.7 Å². The number of imide groups is 1. The van der Waals surface area contributed by atoms with Crippen molar-refractivity contribution in [2.24, 2.45) is 7.05 Å². The van der Waals surface area contributed by atoms with Gasteiger partial charge in [0.15, 0.2) is 11.6 Å². The van der Waals surface area contributed by atoms with Gasteiger partial charge in [0.25, 0.3) is 5.91 Å². The molecule has 19 nitrogen and oxygen atoms in total. The molecule has 0 radical (unpaired) electrons. The van der Waals surface area contributed by atoms with Crippen LogP contribution in [0.2, 0.25) is 5.02 Å². The van der Waals surface area contributed by atoms with E-state index < -0.39 is 6.03 Å². The van der Waals surface area contributed by atoms with Crippen LogP contribution in [0.5, 0.6) is 0 Å². The first-order valence-electron chi connectivity index (χ1n) is 24.2. The van der Waals surface area contributed by atoms with Crippen LogP contribution >= 0.6 is 11.6 Å². The van der Waals surface area contributed by atoms with E-state index in [1.165, 1.54) is 9.58 Å². The van der Waals surface area contributed by atoms with Crippen LogP contribution in [0, 0.1) is 17.1 Å². The minimum atomic E-state index is -0.552. The minimum absolute atomic E-state index is 0.158. The monoisotopic (exact) mass is 978 g/mol. The van der Waals surface area contributed by atoms with Crippen molar-refractivity contribution in [3.63, 3.8) is 0 Å². The standard InChI is InChI=1S/C50H52ClFN16O3/c1-3-50(60-48(70)44-37(51)5-4-17-54-44)15-19-65(20-16-50)40-13-6-31(26-55-40)43-45-32(25-53)27-57-68(45)30-38(58-43)33-28-56-67(29-33)35-9-7-34(8-10-35)63-21-23-64(24-22-63)39-12-11-36-46(42(39)52)62(2)61-47(36)66-18-14-41(69)59-49(66)71/h4-6,11-13,17,26-30,34-35H,3,7-10,14-16,18-24H2,1-2H3,(H,60,70)(H,59,69,71)/t34-,35+. The van der Waals surface area contributed by atoms with Gasteiger partial charge < -0.3 is 15.1 Å². The number of aryl methyl sites for hydroxylation is 1. The van der Waals surface area contributed by atoms with Crippen LogP contribution in [0.15, 0.2) is 73.6 Å². The number of hydrogen-bond acceptors (Lipinski definition) is 13. The fraction of sp³-hybridized carbons (Fsp3) is 0.400. The fourth-order valence-electron chi connectivity index (χ4n) is 10.9. The quantitative estimate of drug-likeness (QED) is 0.150. The van der Waals surface area contributed by atoms with Gasteiger partial charge in [0, 0.05) is 106 Å². The number of piperidine rings is 1. The summed E-state index contributed by atoms with van der Waals surface area (Å²) < 4.78 is 21.5. The number of nitrogens with one attached hydrogen (secondary N) is 2. The van der Waals surface area contributed by atoms with Crippen LogP contribution in [0.3, 0.4) is 0 Å². The minimum Gasteiger partial charge on any atom is -0.367 e. The first-order valence-corrected chi connectivity index (χ1v) is 24.6.